The number of nitrogens with zero attached hydrogens (tertiary/aromatic N) is 1. The summed E-state index contributed by atoms with van der Waals surface area (Å²) in [6.07, 6.45) is 6.18. The highest BCUT2D eigenvalue weighted by molar-refractivity contribution is 5.26. The van der Waals surface area contributed by atoms with Crippen molar-refractivity contribution in [3.8, 4) is 0 Å². The second-order valence-electron chi connectivity index (χ2n) is 8.07. The van der Waals surface area contributed by atoms with Gasteiger partial charge in [0.2, 0.25) is 0 Å². The molecule has 2 saturated heterocycles. The molecule has 1 aliphatic carbocycles. The molecular weight excluding hydrogens is 298 g/mol. The summed E-state index contributed by atoms with van der Waals surface area (Å²) in [6, 6.07) is 11.2. The zero-order valence-electron chi connectivity index (χ0n) is 14.9. The number of benzene rings is 1. The highest BCUT2D eigenvalue weighted by atomic mass is 16.5. The number of nitrogens with one attached hydrogen (secondary N) is 2. The number of hydrogen-bond donors (Lipinski definition) is 2. The Hall–Kier alpha value is -0.940. The van der Waals surface area contributed by atoms with Crippen molar-refractivity contribution in [3.63, 3.8) is 0 Å². The lowest BCUT2D eigenvalue weighted by atomic mass is 9.68. The van der Waals surface area contributed by atoms with Crippen LogP contribution in [0.2, 0.25) is 0 Å². The van der Waals surface area contributed by atoms with Crippen LogP contribution >= 0.6 is 0 Å². The maximum atomic E-state index is 5.62. The Morgan fingerprint density at radius 3 is 2.58 bits per heavy atom. The molecule has 2 aliphatic heterocycles. The van der Waals surface area contributed by atoms with E-state index in [1.807, 2.05) is 0 Å². The van der Waals surface area contributed by atoms with Crippen molar-refractivity contribution in [2.75, 3.05) is 40.0 Å². The Balaban J connectivity index is 1.56. The summed E-state index contributed by atoms with van der Waals surface area (Å²) in [5.41, 5.74) is 2.00. The first-order chi connectivity index (χ1) is 11.7. The second kappa shape index (κ2) is 6.75. The van der Waals surface area contributed by atoms with Crippen LogP contribution in [0.3, 0.4) is 0 Å². The molecule has 4 nitrogen and oxygen atoms in total. The Bertz CT molecular complexity index is 525. The summed E-state index contributed by atoms with van der Waals surface area (Å²) in [7, 11) is 2.34. The van der Waals surface area contributed by atoms with Gasteiger partial charge in [-0.1, -0.05) is 30.3 Å². The summed E-state index contributed by atoms with van der Waals surface area (Å²) in [5, 5.41) is 7.22. The number of rotatable bonds is 4. The number of ether oxygens (including phenoxy) is 1. The van der Waals surface area contributed by atoms with E-state index in [-0.39, 0.29) is 5.54 Å². The third-order valence-electron chi connectivity index (χ3n) is 6.68. The van der Waals surface area contributed by atoms with Crippen molar-refractivity contribution in [2.24, 2.45) is 5.92 Å². The molecule has 2 N–H and O–H groups in total. The largest absolute Gasteiger partial charge is 0.381 e. The topological polar surface area (TPSA) is 36.5 Å². The lowest BCUT2D eigenvalue weighted by molar-refractivity contribution is 0.0311. The van der Waals surface area contributed by atoms with Gasteiger partial charge >= 0.3 is 0 Å². The third-order valence-corrected chi connectivity index (χ3v) is 6.68. The van der Waals surface area contributed by atoms with E-state index in [0.29, 0.717) is 11.5 Å². The van der Waals surface area contributed by atoms with Gasteiger partial charge in [0.1, 0.15) is 0 Å². The Morgan fingerprint density at radius 2 is 1.96 bits per heavy atom. The molecule has 0 aromatic heterocycles. The van der Waals surface area contributed by atoms with Crippen LogP contribution in [0, 0.1) is 5.92 Å². The van der Waals surface area contributed by atoms with Crippen LogP contribution in [0.4, 0.5) is 0 Å². The molecule has 1 aromatic carbocycles. The fourth-order valence-electron chi connectivity index (χ4n) is 5.04. The van der Waals surface area contributed by atoms with E-state index in [9.17, 15) is 0 Å². The fourth-order valence-corrected chi connectivity index (χ4v) is 5.04. The molecule has 1 atom stereocenters. The van der Waals surface area contributed by atoms with Gasteiger partial charge in [0.15, 0.2) is 0 Å². The maximum Gasteiger partial charge on any atom is 0.0507 e. The van der Waals surface area contributed by atoms with Crippen LogP contribution in [0.1, 0.15) is 37.7 Å². The lowest BCUT2D eigenvalue weighted by Crippen LogP contribution is -2.55. The SMILES string of the molecule is CN(CC1CCOC1)C1(c2ccccc2)CCC2(CC1)CNCN2. The molecular formula is C20H31N3O. The highest BCUT2D eigenvalue weighted by Crippen LogP contribution is 2.45. The smallest absolute Gasteiger partial charge is 0.0507 e. The molecule has 4 heteroatoms. The monoisotopic (exact) mass is 329 g/mol. The molecule has 132 valence electrons. The maximum absolute atomic E-state index is 5.62. The molecule has 1 aromatic rings. The minimum atomic E-state index is 0.180. The van der Waals surface area contributed by atoms with E-state index < -0.39 is 0 Å². The average Bonchev–Trinajstić information content (AvgIpc) is 3.29. The van der Waals surface area contributed by atoms with Crippen molar-refractivity contribution >= 4 is 0 Å². The van der Waals surface area contributed by atoms with Crippen LogP contribution < -0.4 is 10.6 Å². The first kappa shape index (κ1) is 16.5. The predicted octanol–water partition coefficient (Wildman–Crippen LogP) is 2.31. The van der Waals surface area contributed by atoms with E-state index in [2.05, 4.69) is 52.9 Å². The minimum absolute atomic E-state index is 0.180. The van der Waals surface area contributed by atoms with E-state index >= 15 is 0 Å². The van der Waals surface area contributed by atoms with Crippen LogP contribution in [0.25, 0.3) is 0 Å². The summed E-state index contributed by atoms with van der Waals surface area (Å²) in [6.45, 7) is 5.11. The molecule has 2 heterocycles. The molecule has 1 saturated carbocycles. The first-order valence-corrected chi connectivity index (χ1v) is 9.53. The minimum Gasteiger partial charge on any atom is -0.381 e. The van der Waals surface area contributed by atoms with Gasteiger partial charge in [-0.15, -0.1) is 0 Å². The van der Waals surface area contributed by atoms with Crippen LogP contribution in [-0.2, 0) is 10.3 Å². The predicted molar refractivity (Wildman–Crippen MR) is 96.9 cm³/mol. The standard InChI is InChI=1S/C20H31N3O/c1-23(13-17-7-12-24-14-17)20(18-5-3-2-4-6-18)10-8-19(9-11-20)15-21-16-22-19/h2-6,17,21-22H,7-16H2,1H3. The quantitative estimate of drug-likeness (QED) is 0.889. The highest BCUT2D eigenvalue weighted by Gasteiger charge is 2.47. The van der Waals surface area contributed by atoms with E-state index in [1.54, 1.807) is 0 Å². The zero-order valence-corrected chi connectivity index (χ0v) is 14.9. The first-order valence-electron chi connectivity index (χ1n) is 9.53. The molecule has 4 rings (SSSR count). The normalized spacial score (nSPS) is 36.7. The molecule has 1 spiro atoms. The molecule has 3 aliphatic rings. The summed E-state index contributed by atoms with van der Waals surface area (Å²) < 4.78 is 5.62. The van der Waals surface area contributed by atoms with Crippen molar-refractivity contribution < 1.29 is 4.74 Å². The average molecular weight is 329 g/mol. The molecule has 3 fully saturated rings. The van der Waals surface area contributed by atoms with E-state index in [1.165, 1.54) is 37.7 Å². The zero-order chi connectivity index (χ0) is 16.5. The Kier molecular flexibility index (Phi) is 4.65. The van der Waals surface area contributed by atoms with Gasteiger partial charge < -0.3 is 10.1 Å². The number of hydrogen-bond acceptors (Lipinski definition) is 4. The van der Waals surface area contributed by atoms with E-state index in [0.717, 1.165) is 33.0 Å². The Labute approximate surface area is 145 Å². The lowest BCUT2D eigenvalue weighted by Gasteiger charge is -2.50. The van der Waals surface area contributed by atoms with Gasteiger partial charge in [-0.05, 0) is 50.6 Å². The van der Waals surface area contributed by atoms with Gasteiger partial charge in [-0.2, -0.15) is 0 Å². The molecule has 0 radical (unpaired) electrons. The molecule has 0 amide bonds. The van der Waals surface area contributed by atoms with Gasteiger partial charge in [-0.3, -0.25) is 10.2 Å². The van der Waals surface area contributed by atoms with Crippen LogP contribution in [0.15, 0.2) is 30.3 Å². The fraction of sp³-hybridized carbons (Fsp3) is 0.700. The van der Waals surface area contributed by atoms with E-state index in [4.69, 9.17) is 4.74 Å². The summed E-state index contributed by atoms with van der Waals surface area (Å²) >= 11 is 0. The van der Waals surface area contributed by atoms with Gasteiger partial charge in [0, 0.05) is 37.4 Å². The van der Waals surface area contributed by atoms with Crippen molar-refractivity contribution in [3.05, 3.63) is 35.9 Å². The third kappa shape index (κ3) is 3.01. The van der Waals surface area contributed by atoms with Crippen molar-refractivity contribution in [2.45, 2.75) is 43.2 Å². The van der Waals surface area contributed by atoms with Gasteiger partial charge in [0.05, 0.1) is 6.61 Å². The summed E-state index contributed by atoms with van der Waals surface area (Å²) in [4.78, 5) is 2.65. The molecule has 0 bridgehead atoms. The Morgan fingerprint density at radius 1 is 1.17 bits per heavy atom. The van der Waals surface area contributed by atoms with Crippen LogP contribution in [-0.4, -0.2) is 50.5 Å². The molecule has 24 heavy (non-hydrogen) atoms. The van der Waals surface area contributed by atoms with Gasteiger partial charge in [0.25, 0.3) is 0 Å². The van der Waals surface area contributed by atoms with Crippen molar-refractivity contribution in [1.82, 2.24) is 15.5 Å². The van der Waals surface area contributed by atoms with Crippen LogP contribution in [0.5, 0.6) is 0 Å². The van der Waals surface area contributed by atoms with Crippen molar-refractivity contribution in [1.29, 1.82) is 0 Å². The molecule has 1 unspecified atom stereocenters. The van der Waals surface area contributed by atoms with Gasteiger partial charge in [-0.25, -0.2) is 0 Å². The second-order valence-corrected chi connectivity index (χ2v) is 8.07. The summed E-state index contributed by atoms with van der Waals surface area (Å²) in [5.74, 6) is 0.692.